The number of carboxylic acid groups (broad SMARTS) is 1. The first-order valence-corrected chi connectivity index (χ1v) is 7.14. The number of carbonyl (C=O) groups excluding carboxylic acids is 1. The molecule has 5 nitrogen and oxygen atoms in total. The number of nitrogens with one attached hydrogen (secondary N) is 1. The van der Waals surface area contributed by atoms with Gasteiger partial charge in [0, 0.05) is 0 Å². The minimum Gasteiger partial charge on any atom is -0.480 e. The number of carboxylic acids is 1. The molecule has 5 heteroatoms. The highest BCUT2D eigenvalue weighted by Gasteiger charge is 2.46. The number of hydrogen-bond donors (Lipinski definition) is 2. The van der Waals surface area contributed by atoms with Crippen LogP contribution in [0.2, 0.25) is 0 Å². The van der Waals surface area contributed by atoms with Gasteiger partial charge in [0.2, 0.25) is 5.91 Å². The van der Waals surface area contributed by atoms with Crippen LogP contribution in [0.5, 0.6) is 0 Å². The number of likely N-dealkylation sites (N-methyl/N-ethyl adjacent to an activating group) is 1. The topological polar surface area (TPSA) is 69.6 Å². The first kappa shape index (κ1) is 15.5. The molecule has 0 radical (unpaired) electrons. The van der Waals surface area contributed by atoms with Crippen LogP contribution in [-0.4, -0.2) is 41.5 Å². The van der Waals surface area contributed by atoms with E-state index < -0.39 is 17.6 Å². The molecule has 1 amide bonds. The Balaban J connectivity index is 2.20. The molecule has 114 valence electrons. The molecule has 2 N–H and O–H groups in total. The molecule has 0 aliphatic heterocycles. The maximum absolute atomic E-state index is 12.6. The van der Waals surface area contributed by atoms with Crippen molar-refractivity contribution >= 4 is 11.9 Å². The predicted octanol–water partition coefficient (Wildman–Crippen LogP) is 1.72. The monoisotopic (exact) mass is 290 g/mol. The van der Waals surface area contributed by atoms with Gasteiger partial charge in [-0.1, -0.05) is 29.8 Å². The lowest BCUT2D eigenvalue weighted by molar-refractivity contribution is -0.152. The average Bonchev–Trinajstić information content (AvgIpc) is 2.35. The lowest BCUT2D eigenvalue weighted by atomic mass is 9.76. The SMILES string of the molecule is Cc1ccc([C@@H](C(=O)NC2(C(=O)O)CCC2)N(C)C)cc1. The van der Waals surface area contributed by atoms with Crippen molar-refractivity contribution in [1.82, 2.24) is 10.2 Å². The fraction of sp³-hybridized carbons (Fsp3) is 0.500. The summed E-state index contributed by atoms with van der Waals surface area (Å²) in [5.74, 6) is -1.20. The Morgan fingerprint density at radius 2 is 1.81 bits per heavy atom. The highest BCUT2D eigenvalue weighted by Crippen LogP contribution is 2.33. The Labute approximate surface area is 125 Å². The van der Waals surface area contributed by atoms with Crippen molar-refractivity contribution in [2.75, 3.05) is 14.1 Å². The zero-order chi connectivity index (χ0) is 15.6. The third kappa shape index (κ3) is 3.08. The van der Waals surface area contributed by atoms with Gasteiger partial charge in [0.15, 0.2) is 0 Å². The van der Waals surface area contributed by atoms with E-state index in [1.54, 1.807) is 4.90 Å². The molecule has 1 fully saturated rings. The largest absolute Gasteiger partial charge is 0.480 e. The highest BCUT2D eigenvalue weighted by atomic mass is 16.4. The number of carbonyl (C=O) groups is 2. The van der Waals surface area contributed by atoms with Crippen LogP contribution in [0.1, 0.15) is 36.4 Å². The molecule has 0 saturated heterocycles. The van der Waals surface area contributed by atoms with Crippen molar-refractivity contribution in [3.8, 4) is 0 Å². The lowest BCUT2D eigenvalue weighted by Crippen LogP contribution is -2.60. The standard InChI is InChI=1S/C16H22N2O3/c1-11-5-7-12(8-6-11)13(18(2)3)14(19)17-16(15(20)21)9-4-10-16/h5-8,13H,4,9-10H2,1-3H3,(H,17,19)(H,20,21)/t13-/m0/s1. The normalized spacial score (nSPS) is 17.9. The van der Waals surface area contributed by atoms with Crippen LogP contribution in [0, 0.1) is 6.92 Å². The van der Waals surface area contributed by atoms with Gasteiger partial charge in [0.05, 0.1) is 0 Å². The summed E-state index contributed by atoms with van der Waals surface area (Å²) in [6.07, 6.45) is 1.84. The Morgan fingerprint density at radius 1 is 1.24 bits per heavy atom. The fourth-order valence-corrected chi connectivity index (χ4v) is 2.66. The van der Waals surface area contributed by atoms with Crippen molar-refractivity contribution in [3.05, 3.63) is 35.4 Å². The van der Waals surface area contributed by atoms with Crippen LogP contribution in [0.15, 0.2) is 24.3 Å². The molecular weight excluding hydrogens is 268 g/mol. The zero-order valence-corrected chi connectivity index (χ0v) is 12.7. The fourth-order valence-electron chi connectivity index (χ4n) is 2.66. The van der Waals surface area contributed by atoms with E-state index in [1.807, 2.05) is 45.3 Å². The summed E-state index contributed by atoms with van der Waals surface area (Å²) < 4.78 is 0. The second kappa shape index (κ2) is 5.85. The molecule has 1 aromatic carbocycles. The van der Waals surface area contributed by atoms with Crippen LogP contribution in [0.25, 0.3) is 0 Å². The molecule has 2 rings (SSSR count). The second-order valence-corrected chi connectivity index (χ2v) is 6.01. The molecule has 1 aliphatic carbocycles. The third-order valence-corrected chi connectivity index (χ3v) is 4.14. The summed E-state index contributed by atoms with van der Waals surface area (Å²) in [5, 5.41) is 12.1. The smallest absolute Gasteiger partial charge is 0.329 e. The predicted molar refractivity (Wildman–Crippen MR) is 80.0 cm³/mol. The van der Waals surface area contributed by atoms with Gasteiger partial charge in [0.25, 0.3) is 0 Å². The Hall–Kier alpha value is -1.88. The van der Waals surface area contributed by atoms with Crippen molar-refractivity contribution in [3.63, 3.8) is 0 Å². The van der Waals surface area contributed by atoms with Gasteiger partial charge in [0.1, 0.15) is 11.6 Å². The van der Waals surface area contributed by atoms with Crippen LogP contribution >= 0.6 is 0 Å². The van der Waals surface area contributed by atoms with Crippen LogP contribution in [0.3, 0.4) is 0 Å². The van der Waals surface area contributed by atoms with Crippen molar-refractivity contribution in [1.29, 1.82) is 0 Å². The zero-order valence-electron chi connectivity index (χ0n) is 12.7. The number of benzene rings is 1. The molecule has 1 atom stereocenters. The minimum absolute atomic E-state index is 0.258. The van der Waals surface area contributed by atoms with Gasteiger partial charge >= 0.3 is 5.97 Å². The summed E-state index contributed by atoms with van der Waals surface area (Å²) >= 11 is 0. The average molecular weight is 290 g/mol. The van der Waals surface area contributed by atoms with Gasteiger partial charge < -0.3 is 10.4 Å². The molecule has 0 spiro atoms. The first-order chi connectivity index (χ1) is 9.85. The molecule has 1 aromatic rings. The Kier molecular flexibility index (Phi) is 4.32. The van der Waals surface area contributed by atoms with E-state index in [9.17, 15) is 14.7 Å². The molecule has 1 saturated carbocycles. The number of amides is 1. The van der Waals surface area contributed by atoms with E-state index in [2.05, 4.69) is 5.32 Å². The van der Waals surface area contributed by atoms with Crippen molar-refractivity contribution < 1.29 is 14.7 Å². The number of hydrogen-bond acceptors (Lipinski definition) is 3. The van der Waals surface area contributed by atoms with E-state index in [4.69, 9.17) is 0 Å². The molecular formula is C16H22N2O3. The number of aliphatic carboxylic acids is 1. The Morgan fingerprint density at radius 3 is 2.19 bits per heavy atom. The van der Waals surface area contributed by atoms with E-state index >= 15 is 0 Å². The number of rotatable bonds is 5. The third-order valence-electron chi connectivity index (χ3n) is 4.14. The second-order valence-electron chi connectivity index (χ2n) is 6.01. The summed E-state index contributed by atoms with van der Waals surface area (Å²) in [5.41, 5.74) is 0.913. The van der Waals surface area contributed by atoms with Gasteiger partial charge in [-0.25, -0.2) is 4.79 Å². The highest BCUT2D eigenvalue weighted by molar-refractivity contribution is 5.90. The summed E-state index contributed by atoms with van der Waals surface area (Å²) in [6, 6.07) is 7.24. The number of aryl methyl sites for hydroxylation is 1. The van der Waals surface area contributed by atoms with E-state index in [0.29, 0.717) is 12.8 Å². The summed E-state index contributed by atoms with van der Waals surface area (Å²) in [4.78, 5) is 25.8. The summed E-state index contributed by atoms with van der Waals surface area (Å²) in [6.45, 7) is 1.99. The van der Waals surface area contributed by atoms with Crippen LogP contribution in [-0.2, 0) is 9.59 Å². The molecule has 0 bridgehead atoms. The Bertz CT molecular complexity index is 533. The van der Waals surface area contributed by atoms with E-state index in [0.717, 1.165) is 17.5 Å². The van der Waals surface area contributed by atoms with Crippen LogP contribution in [0.4, 0.5) is 0 Å². The molecule has 21 heavy (non-hydrogen) atoms. The van der Waals surface area contributed by atoms with Crippen LogP contribution < -0.4 is 5.32 Å². The van der Waals surface area contributed by atoms with E-state index in [1.165, 1.54) is 0 Å². The van der Waals surface area contributed by atoms with Crippen molar-refractivity contribution in [2.24, 2.45) is 0 Å². The molecule has 0 aromatic heterocycles. The van der Waals surface area contributed by atoms with Gasteiger partial charge in [-0.2, -0.15) is 0 Å². The minimum atomic E-state index is -1.07. The first-order valence-electron chi connectivity index (χ1n) is 7.14. The maximum Gasteiger partial charge on any atom is 0.329 e. The molecule has 0 unspecified atom stereocenters. The summed E-state index contributed by atoms with van der Waals surface area (Å²) in [7, 11) is 3.64. The van der Waals surface area contributed by atoms with Crippen molar-refractivity contribution in [2.45, 2.75) is 37.8 Å². The van der Waals surface area contributed by atoms with E-state index in [-0.39, 0.29) is 5.91 Å². The maximum atomic E-state index is 12.6. The number of nitrogens with zero attached hydrogens (tertiary/aromatic N) is 1. The van der Waals surface area contributed by atoms with Gasteiger partial charge in [-0.15, -0.1) is 0 Å². The van der Waals surface area contributed by atoms with Gasteiger partial charge in [-0.3, -0.25) is 9.69 Å². The van der Waals surface area contributed by atoms with Gasteiger partial charge in [-0.05, 0) is 45.8 Å². The lowest BCUT2D eigenvalue weighted by Gasteiger charge is -2.39. The quantitative estimate of drug-likeness (QED) is 0.866. The molecule has 0 heterocycles. The molecule has 1 aliphatic rings.